The molecule has 3 N–H and O–H groups in total. The molecule has 1 saturated heterocycles. The normalized spacial score (nSPS) is 15.2. The summed E-state index contributed by atoms with van der Waals surface area (Å²) in [6.07, 6.45) is 3.17. The second-order valence-electron chi connectivity index (χ2n) is 7.85. The number of ketones is 1. The number of amides is 2. The van der Waals surface area contributed by atoms with E-state index in [4.69, 9.17) is 16.3 Å². The number of nitrogens with one attached hydrogen (secondary N) is 3. The van der Waals surface area contributed by atoms with Crippen molar-refractivity contribution < 1.29 is 23.5 Å². The highest BCUT2D eigenvalue weighted by Gasteiger charge is 2.22. The topological polar surface area (TPSA) is 113 Å². The first-order valence-electron chi connectivity index (χ1n) is 10.7. The number of ether oxygens (including phenoxy) is 1. The summed E-state index contributed by atoms with van der Waals surface area (Å²) in [5, 5.41) is 5.50. The molecule has 3 aromatic rings. The Morgan fingerprint density at radius 3 is 2.65 bits per heavy atom. The van der Waals surface area contributed by atoms with E-state index in [1.165, 1.54) is 18.5 Å². The van der Waals surface area contributed by atoms with E-state index in [9.17, 15) is 18.8 Å². The van der Waals surface area contributed by atoms with E-state index in [2.05, 4.69) is 20.6 Å². The van der Waals surface area contributed by atoms with E-state index in [0.717, 1.165) is 18.9 Å². The molecule has 1 unspecified atom stereocenters. The highest BCUT2D eigenvalue weighted by atomic mass is 35.5. The van der Waals surface area contributed by atoms with E-state index in [-0.39, 0.29) is 40.3 Å². The SMILES string of the molecule is O=C(Cc1ccc(NC(=O)c2nc[nH]c2C(=O)NCC2CCCO2)cc1)c1ccc(F)cc1Cl. The van der Waals surface area contributed by atoms with Crippen molar-refractivity contribution in [3.8, 4) is 0 Å². The molecule has 0 bridgehead atoms. The van der Waals surface area contributed by atoms with Crippen LogP contribution in [0.4, 0.5) is 10.1 Å². The van der Waals surface area contributed by atoms with Crippen molar-refractivity contribution in [2.24, 2.45) is 0 Å². The van der Waals surface area contributed by atoms with Gasteiger partial charge in [-0.15, -0.1) is 0 Å². The monoisotopic (exact) mass is 484 g/mol. The Hall–Kier alpha value is -3.56. The first kappa shape index (κ1) is 23.6. The molecule has 4 rings (SSSR count). The van der Waals surface area contributed by atoms with Gasteiger partial charge < -0.3 is 20.4 Å². The predicted octanol–water partition coefficient (Wildman–Crippen LogP) is 3.79. The Kier molecular flexibility index (Phi) is 7.34. The lowest BCUT2D eigenvalue weighted by Crippen LogP contribution is -2.33. The molecule has 0 aliphatic carbocycles. The maximum Gasteiger partial charge on any atom is 0.276 e. The van der Waals surface area contributed by atoms with E-state index in [1.54, 1.807) is 24.3 Å². The van der Waals surface area contributed by atoms with Gasteiger partial charge >= 0.3 is 0 Å². The first-order valence-corrected chi connectivity index (χ1v) is 11.1. The minimum absolute atomic E-state index is 0.0198. The second kappa shape index (κ2) is 10.6. The number of halogens is 2. The van der Waals surface area contributed by atoms with E-state index >= 15 is 0 Å². The van der Waals surface area contributed by atoms with Gasteiger partial charge in [0.15, 0.2) is 11.5 Å². The molecule has 0 spiro atoms. The second-order valence-corrected chi connectivity index (χ2v) is 8.25. The van der Waals surface area contributed by atoms with Crippen LogP contribution in [0.2, 0.25) is 5.02 Å². The van der Waals surface area contributed by atoms with Crippen LogP contribution in [0.25, 0.3) is 0 Å². The van der Waals surface area contributed by atoms with Crippen molar-refractivity contribution in [3.63, 3.8) is 0 Å². The molecule has 1 fully saturated rings. The van der Waals surface area contributed by atoms with E-state index in [1.807, 2.05) is 0 Å². The molecule has 2 heterocycles. The zero-order valence-corrected chi connectivity index (χ0v) is 18.8. The summed E-state index contributed by atoms with van der Waals surface area (Å²) in [5.41, 5.74) is 1.43. The van der Waals surface area contributed by atoms with Gasteiger partial charge in [-0.1, -0.05) is 23.7 Å². The summed E-state index contributed by atoms with van der Waals surface area (Å²) in [6.45, 7) is 1.05. The third-order valence-corrected chi connectivity index (χ3v) is 5.72. The molecule has 1 atom stereocenters. The van der Waals surface area contributed by atoms with Crippen LogP contribution in [-0.2, 0) is 11.2 Å². The van der Waals surface area contributed by atoms with Crippen LogP contribution in [0.1, 0.15) is 49.7 Å². The van der Waals surface area contributed by atoms with Gasteiger partial charge in [-0.05, 0) is 48.7 Å². The Morgan fingerprint density at radius 2 is 1.94 bits per heavy atom. The molecule has 10 heteroatoms. The number of hydrogen-bond acceptors (Lipinski definition) is 5. The minimum atomic E-state index is -0.551. The Labute approximate surface area is 199 Å². The number of benzene rings is 2. The van der Waals surface area contributed by atoms with Crippen molar-refractivity contribution >= 4 is 34.9 Å². The smallest absolute Gasteiger partial charge is 0.276 e. The first-order chi connectivity index (χ1) is 16.4. The molecular weight excluding hydrogens is 463 g/mol. The summed E-state index contributed by atoms with van der Waals surface area (Å²) in [6, 6.07) is 10.3. The van der Waals surface area contributed by atoms with Gasteiger partial charge in [0.1, 0.15) is 11.5 Å². The van der Waals surface area contributed by atoms with Gasteiger partial charge in [-0.2, -0.15) is 0 Å². The van der Waals surface area contributed by atoms with Crippen molar-refractivity contribution in [2.75, 3.05) is 18.5 Å². The summed E-state index contributed by atoms with van der Waals surface area (Å²) >= 11 is 5.96. The molecule has 8 nitrogen and oxygen atoms in total. The van der Waals surface area contributed by atoms with Gasteiger partial charge in [0.05, 0.1) is 17.5 Å². The van der Waals surface area contributed by atoms with Crippen molar-refractivity contribution in [1.29, 1.82) is 0 Å². The summed E-state index contributed by atoms with van der Waals surface area (Å²) in [7, 11) is 0. The van der Waals surface area contributed by atoms with Crippen molar-refractivity contribution in [1.82, 2.24) is 15.3 Å². The van der Waals surface area contributed by atoms with Crippen LogP contribution in [0, 0.1) is 5.82 Å². The number of nitrogens with zero attached hydrogens (tertiary/aromatic N) is 1. The standard InChI is InChI=1S/C24H22ClFN4O4/c25-19-11-15(26)5-8-18(19)20(31)10-14-3-6-16(7-4-14)30-24(33)22-21(28-13-29-22)23(32)27-12-17-2-1-9-34-17/h3-8,11,13,17H,1-2,9-10,12H2,(H,27,32)(H,28,29)(H,30,33). The predicted molar refractivity (Wildman–Crippen MR) is 124 cm³/mol. The quantitative estimate of drug-likeness (QED) is 0.421. The van der Waals surface area contributed by atoms with Gasteiger partial charge in [0.2, 0.25) is 0 Å². The molecule has 1 aromatic heterocycles. The Bertz CT molecular complexity index is 1210. The fourth-order valence-electron chi connectivity index (χ4n) is 3.63. The van der Waals surface area contributed by atoms with Crippen LogP contribution in [0.5, 0.6) is 0 Å². The fourth-order valence-corrected chi connectivity index (χ4v) is 3.90. The number of carbonyl (C=O) groups is 3. The molecule has 176 valence electrons. The number of anilines is 1. The molecule has 1 aliphatic rings. The lowest BCUT2D eigenvalue weighted by atomic mass is 10.0. The van der Waals surface area contributed by atoms with Gasteiger partial charge in [0, 0.05) is 30.8 Å². The third-order valence-electron chi connectivity index (χ3n) is 5.40. The van der Waals surface area contributed by atoms with Gasteiger partial charge in [0.25, 0.3) is 11.8 Å². The maximum absolute atomic E-state index is 13.2. The number of carbonyl (C=O) groups excluding carboxylic acids is 3. The highest BCUT2D eigenvalue weighted by molar-refractivity contribution is 6.34. The summed E-state index contributed by atoms with van der Waals surface area (Å²) in [5.74, 6) is -1.75. The highest BCUT2D eigenvalue weighted by Crippen LogP contribution is 2.20. The number of aromatic amines is 1. The molecule has 2 aromatic carbocycles. The van der Waals surface area contributed by atoms with Crippen LogP contribution < -0.4 is 10.6 Å². The van der Waals surface area contributed by atoms with Gasteiger partial charge in [-0.25, -0.2) is 9.37 Å². The number of rotatable bonds is 8. The maximum atomic E-state index is 13.2. The minimum Gasteiger partial charge on any atom is -0.376 e. The molecular formula is C24H22ClFN4O4. The largest absolute Gasteiger partial charge is 0.376 e. The van der Waals surface area contributed by atoms with E-state index < -0.39 is 17.6 Å². The Morgan fingerprint density at radius 1 is 1.15 bits per heavy atom. The van der Waals surface area contributed by atoms with Crippen molar-refractivity contribution in [2.45, 2.75) is 25.4 Å². The van der Waals surface area contributed by atoms with Crippen molar-refractivity contribution in [3.05, 3.63) is 82.1 Å². The van der Waals surface area contributed by atoms with Crippen LogP contribution in [0.15, 0.2) is 48.8 Å². The summed E-state index contributed by atoms with van der Waals surface area (Å²) in [4.78, 5) is 44.3. The number of hydrogen-bond donors (Lipinski definition) is 3. The third kappa shape index (κ3) is 5.67. The molecule has 1 aliphatic heterocycles. The molecule has 0 radical (unpaired) electrons. The van der Waals surface area contributed by atoms with Crippen LogP contribution >= 0.6 is 11.6 Å². The average Bonchev–Trinajstić information content (AvgIpc) is 3.51. The zero-order chi connectivity index (χ0) is 24.1. The average molecular weight is 485 g/mol. The lowest BCUT2D eigenvalue weighted by Gasteiger charge is -2.11. The number of imidazole rings is 1. The number of Topliss-reactive ketones (excluding diaryl/α,β-unsaturated/α-hetero) is 1. The fraction of sp³-hybridized carbons (Fsp3) is 0.250. The van der Waals surface area contributed by atoms with Crippen LogP contribution in [0.3, 0.4) is 0 Å². The summed E-state index contributed by atoms with van der Waals surface area (Å²) < 4.78 is 18.7. The molecule has 34 heavy (non-hydrogen) atoms. The van der Waals surface area contributed by atoms with E-state index in [0.29, 0.717) is 24.4 Å². The molecule has 2 amide bonds. The number of aromatic nitrogens is 2. The lowest BCUT2D eigenvalue weighted by molar-refractivity contribution is 0.0849. The Balaban J connectivity index is 1.35. The zero-order valence-electron chi connectivity index (χ0n) is 18.1. The molecule has 0 saturated carbocycles. The van der Waals surface area contributed by atoms with Gasteiger partial charge in [-0.3, -0.25) is 14.4 Å². The van der Waals surface area contributed by atoms with Crippen LogP contribution in [-0.4, -0.2) is 46.8 Å². The number of H-pyrrole nitrogens is 1.